The number of benzene rings is 1. The van der Waals surface area contributed by atoms with Crippen molar-refractivity contribution in [3.05, 3.63) is 28.2 Å². The van der Waals surface area contributed by atoms with Crippen molar-refractivity contribution in [2.24, 2.45) is 0 Å². The molecule has 0 aliphatic carbocycles. The van der Waals surface area contributed by atoms with E-state index in [0.29, 0.717) is 6.04 Å². The SMILES string of the molecule is COC1CN(c2ccc(CNC(C)C)c(Br)c2)CC1OC. The fourth-order valence-electron chi connectivity index (χ4n) is 2.60. The second-order valence-corrected chi connectivity index (χ2v) is 6.62. The summed E-state index contributed by atoms with van der Waals surface area (Å²) in [6, 6.07) is 7.02. The van der Waals surface area contributed by atoms with Gasteiger partial charge in [-0.15, -0.1) is 0 Å². The molecule has 21 heavy (non-hydrogen) atoms. The van der Waals surface area contributed by atoms with Crippen molar-refractivity contribution in [3.63, 3.8) is 0 Å². The van der Waals surface area contributed by atoms with E-state index in [-0.39, 0.29) is 12.2 Å². The molecule has 1 heterocycles. The van der Waals surface area contributed by atoms with Crippen molar-refractivity contribution in [2.45, 2.75) is 38.6 Å². The molecule has 1 aromatic carbocycles. The lowest BCUT2D eigenvalue weighted by Gasteiger charge is -2.19. The van der Waals surface area contributed by atoms with Gasteiger partial charge in [-0.1, -0.05) is 35.8 Å². The van der Waals surface area contributed by atoms with Crippen LogP contribution in [0, 0.1) is 0 Å². The van der Waals surface area contributed by atoms with Gasteiger partial charge in [0.2, 0.25) is 0 Å². The first-order valence-electron chi connectivity index (χ1n) is 7.37. The Balaban J connectivity index is 2.06. The van der Waals surface area contributed by atoms with E-state index in [4.69, 9.17) is 9.47 Å². The molecule has 118 valence electrons. The Labute approximate surface area is 135 Å². The maximum atomic E-state index is 5.50. The van der Waals surface area contributed by atoms with Gasteiger partial charge in [-0.3, -0.25) is 0 Å². The minimum atomic E-state index is 0.135. The lowest BCUT2D eigenvalue weighted by Crippen LogP contribution is -2.27. The van der Waals surface area contributed by atoms with Gasteiger partial charge in [0.05, 0.1) is 0 Å². The first-order valence-corrected chi connectivity index (χ1v) is 8.16. The van der Waals surface area contributed by atoms with Crippen LogP contribution in [0.15, 0.2) is 22.7 Å². The van der Waals surface area contributed by atoms with Gasteiger partial charge in [-0.2, -0.15) is 0 Å². The number of halogens is 1. The van der Waals surface area contributed by atoms with Crippen LogP contribution in [0.4, 0.5) is 5.69 Å². The summed E-state index contributed by atoms with van der Waals surface area (Å²) in [6.07, 6.45) is 0.270. The predicted octanol–water partition coefficient (Wildman–Crippen LogP) is 2.80. The Morgan fingerprint density at radius 1 is 1.24 bits per heavy atom. The molecule has 2 atom stereocenters. The molecular formula is C16H25BrN2O2. The highest BCUT2D eigenvalue weighted by Gasteiger charge is 2.33. The molecule has 0 spiro atoms. The normalized spacial score (nSPS) is 22.3. The van der Waals surface area contributed by atoms with Crippen molar-refractivity contribution in [1.29, 1.82) is 0 Å². The topological polar surface area (TPSA) is 33.7 Å². The van der Waals surface area contributed by atoms with Gasteiger partial charge in [-0.25, -0.2) is 0 Å². The maximum Gasteiger partial charge on any atom is 0.102 e. The van der Waals surface area contributed by atoms with E-state index in [1.165, 1.54) is 11.3 Å². The molecule has 1 aliphatic heterocycles. The van der Waals surface area contributed by atoms with Gasteiger partial charge in [-0.05, 0) is 17.7 Å². The minimum Gasteiger partial charge on any atom is -0.377 e. The molecule has 0 radical (unpaired) electrons. The molecule has 1 N–H and O–H groups in total. The standard InChI is InChI=1S/C16H25BrN2O2/c1-11(2)18-8-12-5-6-13(7-14(12)17)19-9-15(20-3)16(10-19)21-4/h5-7,11,15-16,18H,8-10H2,1-4H3. The first kappa shape index (κ1) is 16.7. The van der Waals surface area contributed by atoms with Crippen LogP contribution in [0.25, 0.3) is 0 Å². The summed E-state index contributed by atoms with van der Waals surface area (Å²) in [5.74, 6) is 0. The van der Waals surface area contributed by atoms with Crippen molar-refractivity contribution in [1.82, 2.24) is 5.32 Å². The summed E-state index contributed by atoms with van der Waals surface area (Å²) in [5.41, 5.74) is 2.48. The van der Waals surface area contributed by atoms with E-state index in [1.807, 2.05) is 0 Å². The number of rotatable bonds is 6. The highest BCUT2D eigenvalue weighted by atomic mass is 79.9. The highest BCUT2D eigenvalue weighted by molar-refractivity contribution is 9.10. The van der Waals surface area contributed by atoms with Crippen LogP contribution in [-0.2, 0) is 16.0 Å². The molecule has 2 unspecified atom stereocenters. The van der Waals surface area contributed by atoms with Crippen LogP contribution in [-0.4, -0.2) is 45.6 Å². The summed E-state index contributed by atoms with van der Waals surface area (Å²) in [7, 11) is 3.49. The maximum absolute atomic E-state index is 5.50. The molecule has 5 heteroatoms. The summed E-state index contributed by atoms with van der Waals surface area (Å²) < 4.78 is 12.1. The molecule has 0 aromatic heterocycles. The minimum absolute atomic E-state index is 0.135. The molecule has 1 aromatic rings. The number of hydrogen-bond acceptors (Lipinski definition) is 4. The number of methoxy groups -OCH3 is 2. The van der Waals surface area contributed by atoms with E-state index < -0.39 is 0 Å². The van der Waals surface area contributed by atoms with Gasteiger partial charge < -0.3 is 19.7 Å². The van der Waals surface area contributed by atoms with E-state index in [1.54, 1.807) is 14.2 Å². The van der Waals surface area contributed by atoms with Crippen molar-refractivity contribution in [3.8, 4) is 0 Å². The van der Waals surface area contributed by atoms with Crippen LogP contribution >= 0.6 is 15.9 Å². The Hall–Kier alpha value is -0.620. The first-order chi connectivity index (χ1) is 10.0. The third kappa shape index (κ3) is 4.19. The zero-order valence-electron chi connectivity index (χ0n) is 13.2. The molecule has 2 rings (SSSR count). The molecule has 4 nitrogen and oxygen atoms in total. The zero-order valence-corrected chi connectivity index (χ0v) is 14.8. The van der Waals surface area contributed by atoms with Crippen LogP contribution in [0.2, 0.25) is 0 Å². The number of nitrogens with one attached hydrogen (secondary N) is 1. The summed E-state index contributed by atoms with van der Waals surface area (Å²) >= 11 is 3.68. The van der Waals surface area contributed by atoms with Gasteiger partial charge in [0, 0.05) is 50.1 Å². The lowest BCUT2D eigenvalue weighted by molar-refractivity contribution is -0.00461. The molecule has 0 amide bonds. The fraction of sp³-hybridized carbons (Fsp3) is 0.625. The molecule has 0 bridgehead atoms. The third-order valence-electron chi connectivity index (χ3n) is 3.92. The van der Waals surface area contributed by atoms with E-state index in [2.05, 4.69) is 58.2 Å². The molecular weight excluding hydrogens is 332 g/mol. The Kier molecular flexibility index (Phi) is 6.05. The van der Waals surface area contributed by atoms with Crippen molar-refractivity contribution in [2.75, 3.05) is 32.2 Å². The Morgan fingerprint density at radius 2 is 1.86 bits per heavy atom. The number of nitrogens with zero attached hydrogens (tertiary/aromatic N) is 1. The average Bonchev–Trinajstić information content (AvgIpc) is 2.89. The molecule has 1 fully saturated rings. The lowest BCUT2D eigenvalue weighted by atomic mass is 10.2. The van der Waals surface area contributed by atoms with Gasteiger partial charge in [0.25, 0.3) is 0 Å². The summed E-state index contributed by atoms with van der Waals surface area (Å²) in [5, 5.41) is 3.44. The smallest absolute Gasteiger partial charge is 0.102 e. The van der Waals surface area contributed by atoms with E-state index in [9.17, 15) is 0 Å². The molecule has 1 aliphatic rings. The second-order valence-electron chi connectivity index (χ2n) is 5.76. The van der Waals surface area contributed by atoms with Crippen molar-refractivity contribution < 1.29 is 9.47 Å². The largest absolute Gasteiger partial charge is 0.377 e. The molecule has 0 saturated carbocycles. The van der Waals surface area contributed by atoms with Crippen LogP contribution < -0.4 is 10.2 Å². The predicted molar refractivity (Wildman–Crippen MR) is 89.9 cm³/mol. The number of hydrogen-bond donors (Lipinski definition) is 1. The average molecular weight is 357 g/mol. The van der Waals surface area contributed by atoms with Gasteiger partial charge >= 0.3 is 0 Å². The van der Waals surface area contributed by atoms with E-state index >= 15 is 0 Å². The third-order valence-corrected chi connectivity index (χ3v) is 4.66. The zero-order chi connectivity index (χ0) is 15.4. The van der Waals surface area contributed by atoms with Crippen LogP contribution in [0.3, 0.4) is 0 Å². The summed E-state index contributed by atoms with van der Waals surface area (Å²) in [6.45, 7) is 6.92. The Bertz CT molecular complexity index is 456. The van der Waals surface area contributed by atoms with Gasteiger partial charge in [0.15, 0.2) is 0 Å². The van der Waals surface area contributed by atoms with E-state index in [0.717, 1.165) is 24.1 Å². The fourth-order valence-corrected chi connectivity index (χ4v) is 3.10. The molecule has 1 saturated heterocycles. The quantitative estimate of drug-likeness (QED) is 0.849. The summed E-state index contributed by atoms with van der Waals surface area (Å²) in [4.78, 5) is 2.31. The van der Waals surface area contributed by atoms with Crippen molar-refractivity contribution >= 4 is 21.6 Å². The number of ether oxygens (including phenoxy) is 2. The second kappa shape index (κ2) is 7.58. The Morgan fingerprint density at radius 3 is 2.33 bits per heavy atom. The monoisotopic (exact) mass is 356 g/mol. The van der Waals surface area contributed by atoms with Crippen LogP contribution in [0.1, 0.15) is 19.4 Å². The van der Waals surface area contributed by atoms with Gasteiger partial charge in [0.1, 0.15) is 12.2 Å². The van der Waals surface area contributed by atoms with Crippen LogP contribution in [0.5, 0.6) is 0 Å². The highest BCUT2D eigenvalue weighted by Crippen LogP contribution is 2.28. The number of anilines is 1.